The standard InChI is InChI=1S/C15H17N3O/c1-10-4-3-5-12-14(10)16-9-17-15(12)18-7-6-13(19)11(2)8-18/h3-5,9,11H,6-8H2,1-2H3. The van der Waals surface area contributed by atoms with Gasteiger partial charge in [0, 0.05) is 30.8 Å². The molecule has 0 N–H and O–H groups in total. The number of aryl methyl sites for hydroxylation is 1. The maximum absolute atomic E-state index is 11.6. The molecule has 2 aromatic rings. The van der Waals surface area contributed by atoms with Crippen molar-refractivity contribution in [2.45, 2.75) is 20.3 Å². The van der Waals surface area contributed by atoms with Crippen LogP contribution in [0, 0.1) is 12.8 Å². The predicted octanol–water partition coefficient (Wildman–Crippen LogP) is 2.35. The van der Waals surface area contributed by atoms with E-state index in [1.54, 1.807) is 6.33 Å². The van der Waals surface area contributed by atoms with E-state index in [0.717, 1.165) is 35.4 Å². The van der Waals surface area contributed by atoms with Crippen molar-refractivity contribution in [3.8, 4) is 0 Å². The highest BCUT2D eigenvalue weighted by atomic mass is 16.1. The average molecular weight is 255 g/mol. The molecular formula is C15H17N3O. The number of rotatable bonds is 1. The SMILES string of the molecule is Cc1cccc2c(N3CCC(=O)C(C)C3)ncnc12. The van der Waals surface area contributed by atoms with Crippen molar-refractivity contribution < 1.29 is 4.79 Å². The summed E-state index contributed by atoms with van der Waals surface area (Å²) in [4.78, 5) is 22.6. The molecule has 1 atom stereocenters. The Bertz CT molecular complexity index is 638. The van der Waals surface area contributed by atoms with Gasteiger partial charge in [-0.05, 0) is 18.6 Å². The highest BCUT2D eigenvalue weighted by Crippen LogP contribution is 2.27. The first kappa shape index (κ1) is 12.1. The van der Waals surface area contributed by atoms with E-state index in [1.807, 2.05) is 13.0 Å². The Kier molecular flexibility index (Phi) is 2.93. The van der Waals surface area contributed by atoms with Gasteiger partial charge >= 0.3 is 0 Å². The minimum absolute atomic E-state index is 0.0866. The number of fused-ring (bicyclic) bond motifs is 1. The second-order valence-electron chi connectivity index (χ2n) is 5.23. The van der Waals surface area contributed by atoms with E-state index >= 15 is 0 Å². The number of Topliss-reactive ketones (excluding diaryl/α,β-unsaturated/α-hetero) is 1. The number of aromatic nitrogens is 2. The fraction of sp³-hybridized carbons (Fsp3) is 0.400. The fourth-order valence-electron chi connectivity index (χ4n) is 2.68. The topological polar surface area (TPSA) is 46.1 Å². The van der Waals surface area contributed by atoms with Crippen LogP contribution in [0.15, 0.2) is 24.5 Å². The third kappa shape index (κ3) is 2.07. The number of para-hydroxylation sites is 1. The van der Waals surface area contributed by atoms with Crippen LogP contribution in [-0.2, 0) is 4.79 Å². The molecule has 0 aliphatic carbocycles. The molecule has 0 spiro atoms. The van der Waals surface area contributed by atoms with E-state index in [1.165, 1.54) is 0 Å². The fourth-order valence-corrected chi connectivity index (χ4v) is 2.68. The van der Waals surface area contributed by atoms with Gasteiger partial charge in [-0.3, -0.25) is 4.79 Å². The second-order valence-corrected chi connectivity index (χ2v) is 5.23. The van der Waals surface area contributed by atoms with Gasteiger partial charge in [-0.15, -0.1) is 0 Å². The molecule has 19 heavy (non-hydrogen) atoms. The molecule has 1 aromatic carbocycles. The molecule has 0 amide bonds. The van der Waals surface area contributed by atoms with Crippen LogP contribution in [-0.4, -0.2) is 28.8 Å². The van der Waals surface area contributed by atoms with E-state index in [2.05, 4.69) is 33.9 Å². The lowest BCUT2D eigenvalue weighted by Gasteiger charge is -2.31. The van der Waals surface area contributed by atoms with Gasteiger partial charge in [-0.25, -0.2) is 9.97 Å². The summed E-state index contributed by atoms with van der Waals surface area (Å²) in [7, 11) is 0. The highest BCUT2D eigenvalue weighted by Gasteiger charge is 2.25. The molecule has 1 unspecified atom stereocenters. The molecule has 98 valence electrons. The number of anilines is 1. The van der Waals surface area contributed by atoms with E-state index in [4.69, 9.17) is 0 Å². The summed E-state index contributed by atoms with van der Waals surface area (Å²) < 4.78 is 0. The van der Waals surface area contributed by atoms with E-state index in [0.29, 0.717) is 12.2 Å². The van der Waals surface area contributed by atoms with Gasteiger partial charge in [0.05, 0.1) is 5.52 Å². The van der Waals surface area contributed by atoms with Crippen LogP contribution in [0.2, 0.25) is 0 Å². The first-order chi connectivity index (χ1) is 9.16. The van der Waals surface area contributed by atoms with Crippen molar-refractivity contribution in [3.63, 3.8) is 0 Å². The number of hydrogen-bond acceptors (Lipinski definition) is 4. The number of benzene rings is 1. The van der Waals surface area contributed by atoms with Crippen LogP contribution in [0.25, 0.3) is 10.9 Å². The number of nitrogens with zero attached hydrogens (tertiary/aromatic N) is 3. The van der Waals surface area contributed by atoms with E-state index < -0.39 is 0 Å². The zero-order chi connectivity index (χ0) is 13.4. The maximum atomic E-state index is 11.6. The van der Waals surface area contributed by atoms with Gasteiger partial charge in [0.25, 0.3) is 0 Å². The van der Waals surface area contributed by atoms with Gasteiger partial charge in [0.1, 0.15) is 17.9 Å². The summed E-state index contributed by atoms with van der Waals surface area (Å²) in [6.45, 7) is 5.55. The van der Waals surface area contributed by atoms with Gasteiger partial charge in [0.15, 0.2) is 0 Å². The Morgan fingerprint density at radius 2 is 2.16 bits per heavy atom. The summed E-state index contributed by atoms with van der Waals surface area (Å²) in [6, 6.07) is 6.14. The van der Waals surface area contributed by atoms with Crippen LogP contribution in [0.1, 0.15) is 18.9 Å². The summed E-state index contributed by atoms with van der Waals surface area (Å²) in [5.41, 5.74) is 2.15. The van der Waals surface area contributed by atoms with Crippen LogP contribution in [0.4, 0.5) is 5.82 Å². The molecule has 0 radical (unpaired) electrons. The lowest BCUT2D eigenvalue weighted by molar-refractivity contribution is -0.122. The molecule has 2 heterocycles. The number of carbonyl (C=O) groups is 1. The van der Waals surface area contributed by atoms with Gasteiger partial charge in [-0.1, -0.05) is 19.1 Å². The van der Waals surface area contributed by atoms with Crippen LogP contribution < -0.4 is 4.90 Å². The van der Waals surface area contributed by atoms with Crippen molar-refractivity contribution in [1.29, 1.82) is 0 Å². The van der Waals surface area contributed by atoms with Crippen LogP contribution in [0.3, 0.4) is 0 Å². The Balaban J connectivity index is 2.06. The van der Waals surface area contributed by atoms with E-state index in [9.17, 15) is 4.79 Å². The second kappa shape index (κ2) is 4.61. The molecule has 3 rings (SSSR count). The molecule has 4 nitrogen and oxygen atoms in total. The quantitative estimate of drug-likeness (QED) is 0.784. The van der Waals surface area contributed by atoms with Crippen LogP contribution >= 0.6 is 0 Å². The highest BCUT2D eigenvalue weighted by molar-refractivity contribution is 5.92. The monoisotopic (exact) mass is 255 g/mol. The lowest BCUT2D eigenvalue weighted by atomic mass is 9.98. The molecule has 1 aromatic heterocycles. The number of carbonyl (C=O) groups excluding carboxylic acids is 1. The average Bonchev–Trinajstić information content (AvgIpc) is 2.42. The minimum Gasteiger partial charge on any atom is -0.355 e. The number of hydrogen-bond donors (Lipinski definition) is 0. The number of ketones is 1. The Hall–Kier alpha value is -1.97. The lowest BCUT2D eigenvalue weighted by Crippen LogP contribution is -2.40. The minimum atomic E-state index is 0.0866. The zero-order valence-electron chi connectivity index (χ0n) is 11.3. The smallest absolute Gasteiger partial charge is 0.139 e. The first-order valence-electron chi connectivity index (χ1n) is 6.65. The predicted molar refractivity (Wildman–Crippen MR) is 75.3 cm³/mol. The van der Waals surface area contributed by atoms with Crippen molar-refractivity contribution in [1.82, 2.24) is 9.97 Å². The molecule has 1 fully saturated rings. The molecule has 4 heteroatoms. The van der Waals surface area contributed by atoms with Crippen molar-refractivity contribution >= 4 is 22.5 Å². The summed E-state index contributed by atoms with van der Waals surface area (Å²) in [6.07, 6.45) is 2.23. The molecule has 0 saturated carbocycles. The molecule has 0 bridgehead atoms. The van der Waals surface area contributed by atoms with Gasteiger partial charge < -0.3 is 4.90 Å². The first-order valence-corrected chi connectivity index (χ1v) is 6.65. The van der Waals surface area contributed by atoms with Crippen molar-refractivity contribution in [3.05, 3.63) is 30.1 Å². The summed E-state index contributed by atoms with van der Waals surface area (Å²) in [5, 5.41) is 1.07. The third-order valence-corrected chi connectivity index (χ3v) is 3.82. The molecular weight excluding hydrogens is 238 g/mol. The Morgan fingerprint density at radius 1 is 1.32 bits per heavy atom. The molecule has 1 aliphatic rings. The van der Waals surface area contributed by atoms with E-state index in [-0.39, 0.29) is 5.92 Å². The Labute approximate surface area is 112 Å². The van der Waals surface area contributed by atoms with Crippen LogP contribution in [0.5, 0.6) is 0 Å². The molecule has 1 aliphatic heterocycles. The summed E-state index contributed by atoms with van der Waals surface area (Å²) >= 11 is 0. The Morgan fingerprint density at radius 3 is 2.95 bits per heavy atom. The summed E-state index contributed by atoms with van der Waals surface area (Å²) in [5.74, 6) is 1.39. The van der Waals surface area contributed by atoms with Gasteiger partial charge in [-0.2, -0.15) is 0 Å². The third-order valence-electron chi connectivity index (χ3n) is 3.82. The number of piperidine rings is 1. The molecule has 1 saturated heterocycles. The largest absolute Gasteiger partial charge is 0.355 e. The normalized spacial score (nSPS) is 20.0. The zero-order valence-corrected chi connectivity index (χ0v) is 11.3. The van der Waals surface area contributed by atoms with Gasteiger partial charge in [0.2, 0.25) is 0 Å². The van der Waals surface area contributed by atoms with Crippen molar-refractivity contribution in [2.24, 2.45) is 5.92 Å². The maximum Gasteiger partial charge on any atom is 0.139 e. The van der Waals surface area contributed by atoms with Crippen molar-refractivity contribution in [2.75, 3.05) is 18.0 Å².